The molecule has 0 aliphatic heterocycles. The second-order valence-electron chi connectivity index (χ2n) is 3.97. The van der Waals surface area contributed by atoms with Crippen LogP contribution in [0.3, 0.4) is 0 Å². The topological polar surface area (TPSA) is 105 Å². The number of hydrogen-bond acceptors (Lipinski definition) is 7. The molecule has 0 saturated carbocycles. The number of rotatable bonds is 5. The zero-order valence-corrected chi connectivity index (χ0v) is 12.1. The number of nitro groups is 1. The highest BCUT2D eigenvalue weighted by Crippen LogP contribution is 2.37. The molecule has 0 N–H and O–H groups in total. The van der Waals surface area contributed by atoms with Gasteiger partial charge in [-0.1, -0.05) is 0 Å². The number of methoxy groups -OCH3 is 2. The molecule has 1 aromatic carbocycles. The Kier molecular flexibility index (Phi) is 5.23. The lowest BCUT2D eigenvalue weighted by molar-refractivity contribution is -0.386. The molecule has 0 heterocycles. The van der Waals surface area contributed by atoms with E-state index in [0.29, 0.717) is 0 Å². The second kappa shape index (κ2) is 6.69. The van der Waals surface area contributed by atoms with Gasteiger partial charge in [-0.25, -0.2) is 9.59 Å². The first kappa shape index (κ1) is 16.4. The van der Waals surface area contributed by atoms with Crippen molar-refractivity contribution in [1.29, 1.82) is 0 Å². The van der Waals surface area contributed by atoms with Gasteiger partial charge in [-0.3, -0.25) is 10.1 Å². The lowest BCUT2D eigenvalue weighted by atomic mass is 10.0. The van der Waals surface area contributed by atoms with E-state index < -0.39 is 22.5 Å². The summed E-state index contributed by atoms with van der Waals surface area (Å²) in [5, 5.41) is 11.1. The van der Waals surface area contributed by atoms with E-state index in [9.17, 15) is 19.7 Å². The Labute approximate surface area is 120 Å². The molecule has 114 valence electrons. The van der Waals surface area contributed by atoms with Crippen molar-refractivity contribution in [3.05, 3.63) is 32.9 Å². The van der Waals surface area contributed by atoms with Gasteiger partial charge in [0.05, 0.1) is 31.3 Å². The van der Waals surface area contributed by atoms with Crippen LogP contribution in [0.15, 0.2) is 6.07 Å². The van der Waals surface area contributed by atoms with Crippen molar-refractivity contribution in [1.82, 2.24) is 0 Å². The van der Waals surface area contributed by atoms with Crippen molar-refractivity contribution in [3.8, 4) is 5.75 Å². The molecule has 1 aromatic rings. The van der Waals surface area contributed by atoms with Crippen LogP contribution < -0.4 is 4.74 Å². The Morgan fingerprint density at radius 3 is 2.33 bits per heavy atom. The quantitative estimate of drug-likeness (QED) is 0.464. The van der Waals surface area contributed by atoms with E-state index in [1.165, 1.54) is 20.1 Å². The van der Waals surface area contributed by atoms with Gasteiger partial charge in [-0.2, -0.15) is 0 Å². The standard InChI is InChI=1S/C13H15NO7/c1-5-21-12(15)8-6-7(2)10(14(17)18)11(19-3)9(8)13(16)20-4/h6H,5H2,1-4H3. The molecule has 0 aliphatic rings. The van der Waals surface area contributed by atoms with Crippen LogP contribution in [0.1, 0.15) is 33.2 Å². The minimum atomic E-state index is -0.919. The third-order valence-corrected chi connectivity index (χ3v) is 2.72. The molecule has 1 rings (SSSR count). The van der Waals surface area contributed by atoms with Crippen LogP contribution in [0, 0.1) is 17.0 Å². The summed E-state index contributed by atoms with van der Waals surface area (Å²) in [4.78, 5) is 34.3. The Morgan fingerprint density at radius 1 is 1.29 bits per heavy atom. The molecule has 0 bridgehead atoms. The van der Waals surface area contributed by atoms with Crippen molar-refractivity contribution in [2.75, 3.05) is 20.8 Å². The molecule has 0 radical (unpaired) electrons. The van der Waals surface area contributed by atoms with E-state index in [0.717, 1.165) is 7.11 Å². The number of nitrogens with zero attached hydrogens (tertiary/aromatic N) is 1. The molecule has 21 heavy (non-hydrogen) atoms. The summed E-state index contributed by atoms with van der Waals surface area (Å²) < 4.78 is 14.4. The van der Waals surface area contributed by atoms with Crippen LogP contribution in [0.2, 0.25) is 0 Å². The van der Waals surface area contributed by atoms with E-state index in [1.54, 1.807) is 6.92 Å². The molecule has 0 fully saturated rings. The predicted molar refractivity (Wildman–Crippen MR) is 71.7 cm³/mol. The first-order chi connectivity index (χ1) is 9.88. The van der Waals surface area contributed by atoms with Crippen LogP contribution in [-0.2, 0) is 9.47 Å². The van der Waals surface area contributed by atoms with Gasteiger partial charge in [0.15, 0.2) is 0 Å². The summed E-state index contributed by atoms with van der Waals surface area (Å²) in [5.74, 6) is -2.03. The highest BCUT2D eigenvalue weighted by molar-refractivity contribution is 6.06. The molecule has 0 amide bonds. The number of aryl methyl sites for hydroxylation is 1. The minimum Gasteiger partial charge on any atom is -0.490 e. The van der Waals surface area contributed by atoms with Crippen molar-refractivity contribution >= 4 is 17.6 Å². The first-order valence-corrected chi connectivity index (χ1v) is 6.00. The van der Waals surface area contributed by atoms with E-state index in [-0.39, 0.29) is 29.0 Å². The van der Waals surface area contributed by atoms with E-state index in [4.69, 9.17) is 9.47 Å². The normalized spacial score (nSPS) is 9.90. The Hall–Kier alpha value is -2.64. The molecule has 8 nitrogen and oxygen atoms in total. The SMILES string of the molecule is CCOC(=O)c1cc(C)c([N+](=O)[O-])c(OC)c1C(=O)OC. The smallest absolute Gasteiger partial charge is 0.342 e. The molecular weight excluding hydrogens is 282 g/mol. The van der Waals surface area contributed by atoms with Crippen LogP contribution >= 0.6 is 0 Å². The monoisotopic (exact) mass is 297 g/mol. The highest BCUT2D eigenvalue weighted by Gasteiger charge is 2.32. The zero-order valence-electron chi connectivity index (χ0n) is 12.1. The molecule has 0 aromatic heterocycles. The van der Waals surface area contributed by atoms with Gasteiger partial charge in [-0.15, -0.1) is 0 Å². The molecule has 0 spiro atoms. The van der Waals surface area contributed by atoms with E-state index in [2.05, 4.69) is 4.74 Å². The lowest BCUT2D eigenvalue weighted by Crippen LogP contribution is -2.16. The minimum absolute atomic E-state index is 0.0950. The molecule has 0 unspecified atom stereocenters. The molecule has 8 heteroatoms. The number of carbonyl (C=O) groups excluding carboxylic acids is 2. The summed E-state index contributed by atoms with van der Waals surface area (Å²) in [7, 11) is 2.27. The average molecular weight is 297 g/mol. The maximum absolute atomic E-state index is 11.9. The Balaban J connectivity index is 3.73. The van der Waals surface area contributed by atoms with Gasteiger partial charge in [-0.05, 0) is 19.9 Å². The first-order valence-electron chi connectivity index (χ1n) is 6.00. The van der Waals surface area contributed by atoms with E-state index in [1.807, 2.05) is 0 Å². The molecule has 0 atom stereocenters. The third kappa shape index (κ3) is 3.10. The third-order valence-electron chi connectivity index (χ3n) is 2.72. The fourth-order valence-electron chi connectivity index (χ4n) is 1.88. The van der Waals surface area contributed by atoms with Gasteiger partial charge in [0.2, 0.25) is 5.75 Å². The van der Waals surface area contributed by atoms with E-state index >= 15 is 0 Å². The van der Waals surface area contributed by atoms with Crippen molar-refractivity contribution in [3.63, 3.8) is 0 Å². The van der Waals surface area contributed by atoms with Crippen molar-refractivity contribution in [2.45, 2.75) is 13.8 Å². The summed E-state index contributed by atoms with van der Waals surface area (Å²) in [5.41, 5.74) is -0.682. The fraction of sp³-hybridized carbons (Fsp3) is 0.385. The van der Waals surface area contributed by atoms with Gasteiger partial charge in [0.1, 0.15) is 5.56 Å². The fourth-order valence-corrected chi connectivity index (χ4v) is 1.88. The van der Waals surface area contributed by atoms with Gasteiger partial charge >= 0.3 is 17.6 Å². The zero-order chi connectivity index (χ0) is 16.2. The Bertz CT molecular complexity index is 595. The summed E-state index contributed by atoms with van der Waals surface area (Å²) >= 11 is 0. The van der Waals surface area contributed by atoms with Crippen molar-refractivity contribution < 1.29 is 28.7 Å². The molecule has 0 saturated heterocycles. The average Bonchev–Trinajstić information content (AvgIpc) is 2.44. The molecule has 0 aliphatic carbocycles. The number of carbonyl (C=O) groups is 2. The van der Waals surface area contributed by atoms with Crippen LogP contribution in [-0.4, -0.2) is 37.7 Å². The number of benzene rings is 1. The summed E-state index contributed by atoms with van der Waals surface area (Å²) in [6.07, 6.45) is 0. The van der Waals surface area contributed by atoms with Gasteiger partial charge in [0, 0.05) is 5.56 Å². The number of hydrogen-bond donors (Lipinski definition) is 0. The number of nitro benzene ring substituents is 1. The Morgan fingerprint density at radius 2 is 1.90 bits per heavy atom. The summed E-state index contributed by atoms with van der Waals surface area (Å²) in [6, 6.07) is 1.21. The van der Waals surface area contributed by atoms with Crippen LogP contribution in [0.5, 0.6) is 5.75 Å². The lowest BCUT2D eigenvalue weighted by Gasteiger charge is -2.13. The second-order valence-corrected chi connectivity index (χ2v) is 3.97. The number of esters is 2. The van der Waals surface area contributed by atoms with Crippen LogP contribution in [0.25, 0.3) is 0 Å². The maximum atomic E-state index is 11.9. The van der Waals surface area contributed by atoms with Gasteiger partial charge in [0.25, 0.3) is 0 Å². The number of ether oxygens (including phenoxy) is 3. The van der Waals surface area contributed by atoms with Crippen LogP contribution in [0.4, 0.5) is 5.69 Å². The van der Waals surface area contributed by atoms with Crippen molar-refractivity contribution in [2.24, 2.45) is 0 Å². The highest BCUT2D eigenvalue weighted by atomic mass is 16.6. The molecular formula is C13H15NO7. The maximum Gasteiger partial charge on any atom is 0.342 e. The largest absolute Gasteiger partial charge is 0.490 e. The van der Waals surface area contributed by atoms with Gasteiger partial charge < -0.3 is 14.2 Å². The predicted octanol–water partition coefficient (Wildman–Crippen LogP) is 1.88. The summed E-state index contributed by atoms with van der Waals surface area (Å²) in [6.45, 7) is 3.13.